The molecule has 0 radical (unpaired) electrons. The Hall–Kier alpha value is -2.28. The first kappa shape index (κ1) is 19.5. The summed E-state index contributed by atoms with van der Waals surface area (Å²) in [4.78, 5) is 25.5. The molecule has 3 rings (SSSR count). The molecule has 3 N–H and O–H groups in total. The summed E-state index contributed by atoms with van der Waals surface area (Å²) in [5.41, 5.74) is 2.67. The molecule has 1 aromatic carbocycles. The number of rotatable bonds is 8. The molecule has 0 saturated heterocycles. The molecule has 1 aromatic rings. The highest BCUT2D eigenvalue weighted by atomic mass is 16.5. The Morgan fingerprint density at radius 1 is 1.22 bits per heavy atom. The summed E-state index contributed by atoms with van der Waals surface area (Å²) < 4.78 is 5.30. The maximum atomic E-state index is 12.3. The zero-order chi connectivity index (χ0) is 19.6. The van der Waals surface area contributed by atoms with Crippen molar-refractivity contribution < 1.29 is 19.4 Å². The number of carboxylic acids is 1. The Kier molecular flexibility index (Phi) is 5.89. The Morgan fingerprint density at radius 3 is 2.52 bits per heavy atom. The highest BCUT2D eigenvalue weighted by Crippen LogP contribution is 2.34. The lowest BCUT2D eigenvalue weighted by Gasteiger charge is -2.42. The van der Waals surface area contributed by atoms with Crippen LogP contribution in [0.3, 0.4) is 0 Å². The van der Waals surface area contributed by atoms with Crippen LogP contribution in [0.4, 0.5) is 10.5 Å². The van der Waals surface area contributed by atoms with Crippen LogP contribution in [-0.4, -0.2) is 54.3 Å². The smallest absolute Gasteiger partial charge is 0.319 e. The van der Waals surface area contributed by atoms with E-state index in [0.717, 1.165) is 42.0 Å². The average Bonchev–Trinajstić information content (AvgIpc) is 3.36. The molecule has 0 aromatic heterocycles. The molecule has 0 atom stereocenters. The van der Waals surface area contributed by atoms with Crippen molar-refractivity contribution in [1.29, 1.82) is 0 Å². The molecule has 148 valence electrons. The summed E-state index contributed by atoms with van der Waals surface area (Å²) in [5.74, 6) is 0.672. The number of amides is 2. The molecule has 2 aliphatic rings. The predicted molar refractivity (Wildman–Crippen MR) is 103 cm³/mol. The SMILES string of the molecule is COc1cc(C)c(NC(=O)NC2CC(N(CC(=O)O)CC3CC3)C2)cc1C. The lowest BCUT2D eigenvalue weighted by molar-refractivity contribution is -0.139. The van der Waals surface area contributed by atoms with Gasteiger partial charge in [-0.3, -0.25) is 9.69 Å². The molecule has 27 heavy (non-hydrogen) atoms. The maximum Gasteiger partial charge on any atom is 0.319 e. The van der Waals surface area contributed by atoms with Gasteiger partial charge in [0.1, 0.15) is 5.75 Å². The molecule has 7 heteroatoms. The largest absolute Gasteiger partial charge is 0.496 e. The van der Waals surface area contributed by atoms with Crippen LogP contribution in [-0.2, 0) is 4.79 Å². The molecule has 2 amide bonds. The second kappa shape index (κ2) is 8.17. The molecule has 2 fully saturated rings. The maximum absolute atomic E-state index is 12.3. The molecule has 2 aliphatic carbocycles. The van der Waals surface area contributed by atoms with Gasteiger partial charge in [0.05, 0.1) is 13.7 Å². The number of carbonyl (C=O) groups is 2. The van der Waals surface area contributed by atoms with Gasteiger partial charge >= 0.3 is 12.0 Å². The molecular weight excluding hydrogens is 346 g/mol. The summed E-state index contributed by atoms with van der Waals surface area (Å²) in [6.07, 6.45) is 4.00. The van der Waals surface area contributed by atoms with Crippen LogP contribution in [0.25, 0.3) is 0 Å². The summed E-state index contributed by atoms with van der Waals surface area (Å²) in [6, 6.07) is 3.92. The third-order valence-corrected chi connectivity index (χ3v) is 5.48. The molecule has 0 unspecified atom stereocenters. The minimum Gasteiger partial charge on any atom is -0.496 e. The van der Waals surface area contributed by atoms with Crippen molar-refractivity contribution in [1.82, 2.24) is 10.2 Å². The molecule has 0 spiro atoms. The minimum atomic E-state index is -0.782. The fraction of sp³-hybridized carbons (Fsp3) is 0.600. The normalized spacial score (nSPS) is 21.5. The van der Waals surface area contributed by atoms with Crippen molar-refractivity contribution in [2.75, 3.05) is 25.5 Å². The minimum absolute atomic E-state index is 0.0877. The number of carbonyl (C=O) groups excluding carboxylic acids is 1. The first-order valence-electron chi connectivity index (χ1n) is 9.54. The Balaban J connectivity index is 1.48. The van der Waals surface area contributed by atoms with Gasteiger partial charge in [-0.05, 0) is 68.7 Å². The number of urea groups is 1. The van der Waals surface area contributed by atoms with Crippen molar-refractivity contribution in [2.45, 2.75) is 51.6 Å². The number of benzene rings is 1. The quantitative estimate of drug-likeness (QED) is 0.650. The summed E-state index contributed by atoms with van der Waals surface area (Å²) in [6.45, 7) is 4.82. The van der Waals surface area contributed by atoms with E-state index in [1.165, 1.54) is 12.8 Å². The van der Waals surface area contributed by atoms with Crippen LogP contribution in [0.15, 0.2) is 12.1 Å². The monoisotopic (exact) mass is 375 g/mol. The summed E-state index contributed by atoms with van der Waals surface area (Å²) in [7, 11) is 1.63. The van der Waals surface area contributed by atoms with E-state index in [9.17, 15) is 9.59 Å². The Bertz CT molecular complexity index is 711. The summed E-state index contributed by atoms with van der Waals surface area (Å²) >= 11 is 0. The van der Waals surface area contributed by atoms with E-state index in [2.05, 4.69) is 15.5 Å². The predicted octanol–water partition coefficient (Wildman–Crippen LogP) is 2.76. The second-order valence-electron chi connectivity index (χ2n) is 7.82. The number of carboxylic acid groups (broad SMARTS) is 1. The number of aliphatic carboxylic acids is 1. The standard InChI is InChI=1S/C20H29N3O4/c1-12-7-18(27-3)13(2)6-17(12)22-20(26)21-15-8-16(9-15)23(11-19(24)25)10-14-4-5-14/h6-7,14-16H,4-5,8-11H2,1-3H3,(H,24,25)(H2,21,22,26). The fourth-order valence-corrected chi connectivity index (χ4v) is 3.64. The number of aryl methyl sites for hydroxylation is 2. The number of hydrogen-bond donors (Lipinski definition) is 3. The second-order valence-corrected chi connectivity index (χ2v) is 7.82. The fourth-order valence-electron chi connectivity index (χ4n) is 3.64. The van der Waals surface area contributed by atoms with Crippen LogP contribution >= 0.6 is 0 Å². The third-order valence-electron chi connectivity index (χ3n) is 5.48. The number of nitrogens with zero attached hydrogens (tertiary/aromatic N) is 1. The van der Waals surface area contributed by atoms with Crippen molar-refractivity contribution in [3.63, 3.8) is 0 Å². The van der Waals surface area contributed by atoms with E-state index in [0.29, 0.717) is 5.92 Å². The van der Waals surface area contributed by atoms with Crippen LogP contribution in [0.1, 0.15) is 36.8 Å². The summed E-state index contributed by atoms with van der Waals surface area (Å²) in [5, 5.41) is 15.0. The van der Waals surface area contributed by atoms with Gasteiger partial charge in [-0.2, -0.15) is 0 Å². The van der Waals surface area contributed by atoms with Crippen molar-refractivity contribution in [3.8, 4) is 5.75 Å². The Morgan fingerprint density at radius 2 is 1.93 bits per heavy atom. The number of hydrogen-bond acceptors (Lipinski definition) is 4. The van der Waals surface area contributed by atoms with E-state index >= 15 is 0 Å². The van der Waals surface area contributed by atoms with Gasteiger partial charge in [0, 0.05) is 24.3 Å². The number of ether oxygens (including phenoxy) is 1. The zero-order valence-corrected chi connectivity index (χ0v) is 16.2. The molecule has 0 aliphatic heterocycles. The number of methoxy groups -OCH3 is 1. The molecule has 2 saturated carbocycles. The van der Waals surface area contributed by atoms with Gasteiger partial charge in [-0.1, -0.05) is 0 Å². The lowest BCUT2D eigenvalue weighted by Crippen LogP contribution is -2.55. The number of nitrogens with one attached hydrogen (secondary N) is 2. The van der Waals surface area contributed by atoms with Gasteiger partial charge in [-0.25, -0.2) is 4.79 Å². The van der Waals surface area contributed by atoms with Gasteiger partial charge < -0.3 is 20.5 Å². The van der Waals surface area contributed by atoms with Gasteiger partial charge in [0.15, 0.2) is 0 Å². The van der Waals surface area contributed by atoms with Crippen LogP contribution in [0.2, 0.25) is 0 Å². The highest BCUT2D eigenvalue weighted by molar-refractivity contribution is 5.90. The van der Waals surface area contributed by atoms with Crippen molar-refractivity contribution in [2.24, 2.45) is 5.92 Å². The topological polar surface area (TPSA) is 90.9 Å². The van der Waals surface area contributed by atoms with Crippen molar-refractivity contribution in [3.05, 3.63) is 23.3 Å². The van der Waals surface area contributed by atoms with Gasteiger partial charge in [0.2, 0.25) is 0 Å². The van der Waals surface area contributed by atoms with E-state index < -0.39 is 5.97 Å². The van der Waals surface area contributed by atoms with E-state index in [-0.39, 0.29) is 24.7 Å². The first-order chi connectivity index (χ1) is 12.9. The van der Waals surface area contributed by atoms with Crippen LogP contribution in [0, 0.1) is 19.8 Å². The number of anilines is 1. The average molecular weight is 375 g/mol. The van der Waals surface area contributed by atoms with E-state index in [1.807, 2.05) is 26.0 Å². The Labute approximate surface area is 160 Å². The molecule has 7 nitrogen and oxygen atoms in total. The molecular formula is C20H29N3O4. The zero-order valence-electron chi connectivity index (χ0n) is 16.2. The third kappa shape index (κ3) is 5.13. The van der Waals surface area contributed by atoms with Gasteiger partial charge in [0.25, 0.3) is 0 Å². The lowest BCUT2D eigenvalue weighted by atomic mass is 9.85. The molecule has 0 heterocycles. The van der Waals surface area contributed by atoms with E-state index in [4.69, 9.17) is 9.84 Å². The van der Waals surface area contributed by atoms with Gasteiger partial charge in [-0.15, -0.1) is 0 Å². The molecule has 0 bridgehead atoms. The van der Waals surface area contributed by atoms with E-state index in [1.54, 1.807) is 7.11 Å². The van der Waals surface area contributed by atoms with Crippen molar-refractivity contribution >= 4 is 17.7 Å². The highest BCUT2D eigenvalue weighted by Gasteiger charge is 2.37. The first-order valence-corrected chi connectivity index (χ1v) is 9.54. The van der Waals surface area contributed by atoms with Crippen LogP contribution in [0.5, 0.6) is 5.75 Å². The van der Waals surface area contributed by atoms with Crippen LogP contribution < -0.4 is 15.4 Å².